The Labute approximate surface area is 88.7 Å². The molecule has 76 valence electrons. The van der Waals surface area contributed by atoms with Crippen LogP contribution in [-0.4, -0.2) is 27.1 Å². The standard InChI is InChI=1S/C6H7ClN4O2S/c7-4(12)5(8)13-2-1-3-10-6(9)14-11-3/h8H,1-2H2,(H2,9,10,11). The molecule has 0 fully saturated rings. The lowest BCUT2D eigenvalue weighted by Crippen LogP contribution is -2.13. The molecule has 0 spiro atoms. The van der Waals surface area contributed by atoms with Crippen molar-refractivity contribution in [3.63, 3.8) is 0 Å². The van der Waals surface area contributed by atoms with Crippen molar-refractivity contribution in [2.75, 3.05) is 12.3 Å². The molecule has 6 nitrogen and oxygen atoms in total. The first-order valence-electron chi connectivity index (χ1n) is 3.59. The lowest BCUT2D eigenvalue weighted by atomic mass is 10.4. The van der Waals surface area contributed by atoms with Crippen molar-refractivity contribution < 1.29 is 9.53 Å². The van der Waals surface area contributed by atoms with Gasteiger partial charge in [-0.2, -0.15) is 4.37 Å². The number of halogens is 1. The van der Waals surface area contributed by atoms with Crippen molar-refractivity contribution in [1.29, 1.82) is 5.41 Å². The molecule has 1 aromatic rings. The maximum absolute atomic E-state index is 10.4. The molecule has 0 amide bonds. The minimum Gasteiger partial charge on any atom is -0.474 e. The molecule has 0 aliphatic rings. The van der Waals surface area contributed by atoms with Gasteiger partial charge >= 0.3 is 5.24 Å². The van der Waals surface area contributed by atoms with Gasteiger partial charge in [0, 0.05) is 18.0 Å². The van der Waals surface area contributed by atoms with E-state index in [-0.39, 0.29) is 6.61 Å². The van der Waals surface area contributed by atoms with E-state index in [1.54, 1.807) is 0 Å². The number of hydrogen-bond donors (Lipinski definition) is 2. The van der Waals surface area contributed by atoms with Crippen LogP contribution in [0.5, 0.6) is 0 Å². The highest BCUT2D eigenvalue weighted by molar-refractivity contribution is 7.09. The van der Waals surface area contributed by atoms with Crippen molar-refractivity contribution in [3.8, 4) is 0 Å². The number of carbonyl (C=O) groups excluding carboxylic acids is 1. The average molecular weight is 235 g/mol. The molecular weight excluding hydrogens is 228 g/mol. The van der Waals surface area contributed by atoms with Crippen LogP contribution in [0.2, 0.25) is 0 Å². The van der Waals surface area contributed by atoms with Crippen molar-refractivity contribution in [1.82, 2.24) is 9.36 Å². The Morgan fingerprint density at radius 2 is 2.43 bits per heavy atom. The predicted molar refractivity (Wildman–Crippen MR) is 52.6 cm³/mol. The average Bonchev–Trinajstić information content (AvgIpc) is 2.51. The fourth-order valence-electron chi connectivity index (χ4n) is 0.670. The van der Waals surface area contributed by atoms with E-state index in [2.05, 4.69) is 9.36 Å². The van der Waals surface area contributed by atoms with Gasteiger partial charge in [0.05, 0.1) is 6.61 Å². The third kappa shape index (κ3) is 3.27. The lowest BCUT2D eigenvalue weighted by Gasteiger charge is -2.00. The van der Waals surface area contributed by atoms with Crippen LogP contribution in [0.25, 0.3) is 0 Å². The molecule has 1 heterocycles. The van der Waals surface area contributed by atoms with Gasteiger partial charge in [0.15, 0.2) is 5.13 Å². The van der Waals surface area contributed by atoms with Gasteiger partial charge in [-0.3, -0.25) is 10.2 Å². The molecule has 0 atom stereocenters. The van der Waals surface area contributed by atoms with Gasteiger partial charge in [0.25, 0.3) is 5.90 Å². The quantitative estimate of drug-likeness (QED) is 0.447. The number of nitrogens with two attached hydrogens (primary N) is 1. The Morgan fingerprint density at radius 1 is 1.71 bits per heavy atom. The first-order chi connectivity index (χ1) is 6.59. The lowest BCUT2D eigenvalue weighted by molar-refractivity contribution is -0.107. The highest BCUT2D eigenvalue weighted by Crippen LogP contribution is 2.05. The Bertz CT molecular complexity index is 353. The minimum absolute atomic E-state index is 0.132. The van der Waals surface area contributed by atoms with E-state index >= 15 is 0 Å². The first-order valence-corrected chi connectivity index (χ1v) is 4.74. The summed E-state index contributed by atoms with van der Waals surface area (Å²) >= 11 is 6.06. The summed E-state index contributed by atoms with van der Waals surface area (Å²) in [5.41, 5.74) is 5.34. The zero-order valence-electron chi connectivity index (χ0n) is 6.99. The van der Waals surface area contributed by atoms with Crippen molar-refractivity contribution >= 4 is 39.4 Å². The molecular formula is C6H7ClN4O2S. The molecule has 0 saturated carbocycles. The first kappa shape index (κ1) is 10.9. The van der Waals surface area contributed by atoms with Gasteiger partial charge in [-0.05, 0) is 11.6 Å². The number of anilines is 1. The summed E-state index contributed by atoms with van der Waals surface area (Å²) in [5, 5.41) is 6.41. The summed E-state index contributed by atoms with van der Waals surface area (Å²) in [5.74, 6) is -0.0443. The van der Waals surface area contributed by atoms with Crippen molar-refractivity contribution in [2.24, 2.45) is 0 Å². The summed E-state index contributed by atoms with van der Waals surface area (Å²) in [6.07, 6.45) is 0.389. The maximum atomic E-state index is 10.4. The van der Waals surface area contributed by atoms with Crippen LogP contribution < -0.4 is 5.73 Å². The largest absolute Gasteiger partial charge is 0.474 e. The smallest absolute Gasteiger partial charge is 0.306 e. The Hall–Kier alpha value is -1.21. The van der Waals surface area contributed by atoms with E-state index in [1.807, 2.05) is 0 Å². The Morgan fingerprint density at radius 3 is 2.93 bits per heavy atom. The van der Waals surface area contributed by atoms with Gasteiger partial charge < -0.3 is 10.5 Å². The van der Waals surface area contributed by atoms with E-state index in [9.17, 15) is 4.79 Å². The molecule has 1 aromatic heterocycles. The summed E-state index contributed by atoms with van der Waals surface area (Å²) in [4.78, 5) is 14.2. The zero-order valence-corrected chi connectivity index (χ0v) is 8.56. The zero-order chi connectivity index (χ0) is 10.6. The summed E-state index contributed by atoms with van der Waals surface area (Å²) in [6, 6.07) is 0. The van der Waals surface area contributed by atoms with Gasteiger partial charge in [-0.25, -0.2) is 4.98 Å². The molecule has 0 aliphatic carbocycles. The number of nitrogen functional groups attached to an aromatic ring is 1. The van der Waals surface area contributed by atoms with Crippen LogP contribution in [0.15, 0.2) is 0 Å². The fourth-order valence-corrected chi connectivity index (χ4v) is 1.20. The highest BCUT2D eigenvalue weighted by Gasteiger charge is 2.07. The SMILES string of the molecule is N=C(OCCc1nsc(N)n1)C(=O)Cl. The Kier molecular flexibility index (Phi) is 3.78. The molecule has 0 saturated heterocycles. The second kappa shape index (κ2) is 4.87. The highest BCUT2D eigenvalue weighted by atomic mass is 35.5. The number of carbonyl (C=O) groups is 1. The fraction of sp³-hybridized carbons (Fsp3) is 0.333. The van der Waals surface area contributed by atoms with Crippen LogP contribution in [0.1, 0.15) is 5.82 Å². The predicted octanol–water partition coefficient (Wildman–Crippen LogP) is 0.422. The van der Waals surface area contributed by atoms with Crippen LogP contribution in [0.4, 0.5) is 5.13 Å². The topological polar surface area (TPSA) is 102 Å². The molecule has 0 radical (unpaired) electrons. The van der Waals surface area contributed by atoms with Gasteiger partial charge in [-0.1, -0.05) is 0 Å². The van der Waals surface area contributed by atoms with E-state index < -0.39 is 11.1 Å². The van der Waals surface area contributed by atoms with Gasteiger partial charge in [0.1, 0.15) is 5.82 Å². The van der Waals surface area contributed by atoms with E-state index in [0.29, 0.717) is 17.4 Å². The van der Waals surface area contributed by atoms with Crippen LogP contribution in [0, 0.1) is 5.41 Å². The second-order valence-electron chi connectivity index (χ2n) is 2.25. The maximum Gasteiger partial charge on any atom is 0.306 e. The minimum atomic E-state index is -0.921. The third-order valence-corrected chi connectivity index (χ3v) is 1.99. The second-order valence-corrected chi connectivity index (χ2v) is 3.38. The summed E-state index contributed by atoms with van der Waals surface area (Å²) in [6.45, 7) is 0.132. The molecule has 0 aromatic carbocycles. The van der Waals surface area contributed by atoms with Crippen molar-refractivity contribution in [2.45, 2.75) is 6.42 Å². The summed E-state index contributed by atoms with van der Waals surface area (Å²) in [7, 11) is 0. The monoisotopic (exact) mass is 234 g/mol. The molecule has 3 N–H and O–H groups in total. The number of rotatable bonds is 4. The number of nitrogens with one attached hydrogen (secondary N) is 1. The summed E-state index contributed by atoms with van der Waals surface area (Å²) < 4.78 is 8.60. The number of aromatic nitrogens is 2. The van der Waals surface area contributed by atoms with Crippen LogP contribution in [-0.2, 0) is 16.0 Å². The number of ether oxygens (including phenoxy) is 1. The normalized spacial score (nSPS) is 9.79. The van der Waals surface area contributed by atoms with E-state index in [1.165, 1.54) is 0 Å². The van der Waals surface area contributed by atoms with Crippen LogP contribution in [0.3, 0.4) is 0 Å². The van der Waals surface area contributed by atoms with Crippen LogP contribution >= 0.6 is 23.1 Å². The number of hydrogen-bond acceptors (Lipinski definition) is 7. The molecule has 8 heteroatoms. The van der Waals surface area contributed by atoms with E-state index in [0.717, 1.165) is 11.5 Å². The number of nitrogens with zero attached hydrogens (tertiary/aromatic N) is 2. The van der Waals surface area contributed by atoms with Crippen molar-refractivity contribution in [3.05, 3.63) is 5.82 Å². The Balaban J connectivity index is 2.29. The van der Waals surface area contributed by atoms with E-state index in [4.69, 9.17) is 27.5 Å². The molecule has 1 rings (SSSR count). The van der Waals surface area contributed by atoms with Gasteiger partial charge in [0.2, 0.25) is 0 Å². The molecule has 14 heavy (non-hydrogen) atoms. The molecule has 0 unspecified atom stereocenters. The molecule has 0 aliphatic heterocycles. The third-order valence-electron chi connectivity index (χ3n) is 1.23. The van der Waals surface area contributed by atoms with Gasteiger partial charge in [-0.15, -0.1) is 0 Å². The molecule has 0 bridgehead atoms.